The monoisotopic (exact) mass is 301 g/mol. The Hall–Kier alpha value is -2.77. The third kappa shape index (κ3) is 2.54. The van der Waals surface area contributed by atoms with Gasteiger partial charge in [0.15, 0.2) is 0 Å². The van der Waals surface area contributed by atoms with E-state index in [-0.39, 0.29) is 5.91 Å². The molecular formula is C14H15N5O3. The van der Waals surface area contributed by atoms with Crippen LogP contribution in [0.5, 0.6) is 0 Å². The Balaban J connectivity index is 1.77. The lowest BCUT2D eigenvalue weighted by Gasteiger charge is -2.31. The van der Waals surface area contributed by atoms with E-state index < -0.39 is 17.8 Å². The molecule has 1 aliphatic carbocycles. The molecule has 1 aliphatic rings. The number of anilines is 1. The Kier molecular flexibility index (Phi) is 3.58. The first-order chi connectivity index (χ1) is 10.6. The molecule has 0 aliphatic heterocycles. The number of carbonyl (C=O) groups is 2. The number of benzene rings is 1. The third-order valence-corrected chi connectivity index (χ3v) is 4.00. The maximum absolute atomic E-state index is 12.2. The van der Waals surface area contributed by atoms with E-state index in [1.165, 1.54) is 11.0 Å². The number of hydrogen-bond acceptors (Lipinski definition) is 5. The molecule has 0 spiro atoms. The highest BCUT2D eigenvalue weighted by Gasteiger charge is 2.41. The van der Waals surface area contributed by atoms with Crippen LogP contribution in [0.1, 0.15) is 18.4 Å². The number of rotatable bonds is 4. The van der Waals surface area contributed by atoms with E-state index in [0.29, 0.717) is 18.5 Å². The summed E-state index contributed by atoms with van der Waals surface area (Å²) in [7, 11) is 0. The topological polar surface area (TPSA) is 110 Å². The van der Waals surface area contributed by atoms with E-state index in [2.05, 4.69) is 20.8 Å². The van der Waals surface area contributed by atoms with Gasteiger partial charge in [-0.25, -0.2) is 4.68 Å². The molecule has 22 heavy (non-hydrogen) atoms. The first-order valence-electron chi connectivity index (χ1n) is 6.94. The largest absolute Gasteiger partial charge is 0.481 e. The first kappa shape index (κ1) is 14.2. The molecule has 2 N–H and O–H groups in total. The van der Waals surface area contributed by atoms with Gasteiger partial charge in [-0.2, -0.15) is 0 Å². The standard InChI is InChI=1S/C14H15N5O3/c1-8-2-3-9(6-12(8)19-7-15-17-18-19)16-13(20)10-4-5-11(10)14(21)22/h2-3,6-7,10-11H,4-5H2,1H3,(H,16,20)(H,21,22). The van der Waals surface area contributed by atoms with E-state index >= 15 is 0 Å². The van der Waals surface area contributed by atoms with Gasteiger partial charge in [0.2, 0.25) is 5.91 Å². The summed E-state index contributed by atoms with van der Waals surface area (Å²) in [6, 6.07) is 5.38. The number of hydrogen-bond donors (Lipinski definition) is 2. The van der Waals surface area contributed by atoms with Crippen molar-refractivity contribution in [2.24, 2.45) is 11.8 Å². The van der Waals surface area contributed by atoms with Crippen molar-refractivity contribution in [3.63, 3.8) is 0 Å². The van der Waals surface area contributed by atoms with Crippen LogP contribution in [-0.2, 0) is 9.59 Å². The second-order valence-corrected chi connectivity index (χ2v) is 5.37. The van der Waals surface area contributed by atoms with Crippen molar-refractivity contribution in [2.75, 3.05) is 5.32 Å². The highest BCUT2D eigenvalue weighted by atomic mass is 16.4. The Morgan fingerprint density at radius 2 is 2.09 bits per heavy atom. The van der Waals surface area contributed by atoms with Crippen LogP contribution in [0, 0.1) is 18.8 Å². The highest BCUT2D eigenvalue weighted by Crippen LogP contribution is 2.35. The van der Waals surface area contributed by atoms with Crippen LogP contribution in [0.2, 0.25) is 0 Å². The molecule has 114 valence electrons. The van der Waals surface area contributed by atoms with Gasteiger partial charge >= 0.3 is 5.97 Å². The molecule has 2 unspecified atom stereocenters. The van der Waals surface area contributed by atoms with E-state index in [1.54, 1.807) is 12.1 Å². The number of carbonyl (C=O) groups excluding carboxylic acids is 1. The van der Waals surface area contributed by atoms with E-state index in [4.69, 9.17) is 5.11 Å². The average Bonchev–Trinajstić information content (AvgIpc) is 2.92. The highest BCUT2D eigenvalue weighted by molar-refractivity contribution is 5.96. The van der Waals surface area contributed by atoms with Gasteiger partial charge in [-0.3, -0.25) is 9.59 Å². The van der Waals surface area contributed by atoms with Gasteiger partial charge in [-0.1, -0.05) is 6.07 Å². The van der Waals surface area contributed by atoms with Crippen LogP contribution >= 0.6 is 0 Å². The summed E-state index contributed by atoms with van der Waals surface area (Å²) in [5.41, 5.74) is 2.31. The van der Waals surface area contributed by atoms with Crippen LogP contribution in [0.25, 0.3) is 5.69 Å². The van der Waals surface area contributed by atoms with Crippen LogP contribution in [0.3, 0.4) is 0 Å². The van der Waals surface area contributed by atoms with Crippen LogP contribution < -0.4 is 5.32 Å². The SMILES string of the molecule is Cc1ccc(NC(=O)C2CCC2C(=O)O)cc1-n1cnnn1. The fourth-order valence-corrected chi connectivity index (χ4v) is 2.55. The van der Waals surface area contributed by atoms with Crippen molar-refractivity contribution in [2.45, 2.75) is 19.8 Å². The normalized spacial score (nSPS) is 20.2. The molecule has 1 fully saturated rings. The zero-order valence-corrected chi connectivity index (χ0v) is 11.9. The lowest BCUT2D eigenvalue weighted by molar-refractivity contribution is -0.151. The van der Waals surface area contributed by atoms with Crippen molar-refractivity contribution in [1.29, 1.82) is 0 Å². The van der Waals surface area contributed by atoms with Gasteiger partial charge in [-0.15, -0.1) is 5.10 Å². The van der Waals surface area contributed by atoms with Crippen LogP contribution in [0.15, 0.2) is 24.5 Å². The minimum Gasteiger partial charge on any atom is -0.481 e. The number of aryl methyl sites for hydroxylation is 1. The van der Waals surface area contributed by atoms with Gasteiger partial charge in [0.1, 0.15) is 6.33 Å². The lowest BCUT2D eigenvalue weighted by Crippen LogP contribution is -2.41. The molecule has 1 aromatic heterocycles. The molecule has 0 radical (unpaired) electrons. The third-order valence-electron chi connectivity index (χ3n) is 4.00. The number of carboxylic acids is 1. The predicted octanol–water partition coefficient (Wildman–Crippen LogP) is 1.02. The molecule has 1 saturated carbocycles. The number of aromatic nitrogens is 4. The Bertz CT molecular complexity index is 713. The zero-order valence-electron chi connectivity index (χ0n) is 11.9. The molecule has 1 amide bonds. The molecule has 8 nitrogen and oxygen atoms in total. The maximum Gasteiger partial charge on any atom is 0.307 e. The Morgan fingerprint density at radius 3 is 2.68 bits per heavy atom. The molecule has 3 rings (SSSR count). The lowest BCUT2D eigenvalue weighted by atomic mass is 9.73. The average molecular weight is 301 g/mol. The molecule has 1 heterocycles. The van der Waals surface area contributed by atoms with Crippen molar-refractivity contribution < 1.29 is 14.7 Å². The summed E-state index contributed by atoms with van der Waals surface area (Å²) in [6.45, 7) is 1.91. The van der Waals surface area contributed by atoms with Gasteiger partial charge in [0, 0.05) is 5.69 Å². The molecule has 8 heteroatoms. The Morgan fingerprint density at radius 1 is 1.32 bits per heavy atom. The molecule has 2 atom stereocenters. The number of nitrogens with one attached hydrogen (secondary N) is 1. The molecule has 1 aromatic carbocycles. The fraction of sp³-hybridized carbons (Fsp3) is 0.357. The van der Waals surface area contributed by atoms with E-state index in [1.807, 2.05) is 13.0 Å². The summed E-state index contributed by atoms with van der Waals surface area (Å²) in [6.07, 6.45) is 2.63. The fourth-order valence-electron chi connectivity index (χ4n) is 2.55. The maximum atomic E-state index is 12.2. The molecule has 0 saturated heterocycles. The minimum atomic E-state index is -0.912. The number of tetrazole rings is 1. The Labute approximate surface area is 126 Å². The smallest absolute Gasteiger partial charge is 0.307 e. The summed E-state index contributed by atoms with van der Waals surface area (Å²) in [4.78, 5) is 23.2. The molecule has 2 aromatic rings. The second-order valence-electron chi connectivity index (χ2n) is 5.37. The van der Waals surface area contributed by atoms with Gasteiger partial charge in [-0.05, 0) is 47.9 Å². The molecular weight excluding hydrogens is 286 g/mol. The predicted molar refractivity (Wildman–Crippen MR) is 76.4 cm³/mol. The quantitative estimate of drug-likeness (QED) is 0.872. The van der Waals surface area contributed by atoms with E-state index in [9.17, 15) is 9.59 Å². The second kappa shape index (κ2) is 5.55. The van der Waals surface area contributed by atoms with Gasteiger partial charge in [0.05, 0.1) is 17.5 Å². The molecule has 0 bridgehead atoms. The summed E-state index contributed by atoms with van der Waals surface area (Å²) >= 11 is 0. The van der Waals surface area contributed by atoms with Crippen LogP contribution in [0.4, 0.5) is 5.69 Å². The minimum absolute atomic E-state index is 0.259. The van der Waals surface area contributed by atoms with Crippen molar-refractivity contribution >= 4 is 17.6 Å². The number of amides is 1. The van der Waals surface area contributed by atoms with Crippen LogP contribution in [-0.4, -0.2) is 37.2 Å². The summed E-state index contributed by atoms with van der Waals surface area (Å²) in [5.74, 6) is -2.21. The van der Waals surface area contributed by atoms with Crippen molar-refractivity contribution in [1.82, 2.24) is 20.2 Å². The van der Waals surface area contributed by atoms with Gasteiger partial charge in [0.25, 0.3) is 0 Å². The first-order valence-corrected chi connectivity index (χ1v) is 6.94. The number of nitrogens with zero attached hydrogens (tertiary/aromatic N) is 4. The number of carboxylic acid groups (broad SMARTS) is 1. The summed E-state index contributed by atoms with van der Waals surface area (Å²) < 4.78 is 1.51. The number of aliphatic carboxylic acids is 1. The van der Waals surface area contributed by atoms with Gasteiger partial charge < -0.3 is 10.4 Å². The van der Waals surface area contributed by atoms with Crippen molar-refractivity contribution in [3.05, 3.63) is 30.1 Å². The zero-order chi connectivity index (χ0) is 15.7. The van der Waals surface area contributed by atoms with E-state index in [0.717, 1.165) is 11.3 Å². The van der Waals surface area contributed by atoms with Crippen molar-refractivity contribution in [3.8, 4) is 5.69 Å². The summed E-state index contributed by atoms with van der Waals surface area (Å²) in [5, 5.41) is 22.8.